The second-order valence-corrected chi connectivity index (χ2v) is 14.9. The zero-order valence-electron chi connectivity index (χ0n) is 26.2. The van der Waals surface area contributed by atoms with Gasteiger partial charge in [0.15, 0.2) is 0 Å². The minimum Gasteiger partial charge on any atom is -0.380 e. The van der Waals surface area contributed by atoms with Crippen molar-refractivity contribution in [3.8, 4) is 0 Å². The van der Waals surface area contributed by atoms with Crippen LogP contribution in [-0.2, 0) is 19.7 Å². The van der Waals surface area contributed by atoms with Crippen LogP contribution in [0.2, 0.25) is 0 Å². The third-order valence-corrected chi connectivity index (χ3v) is 13.1. The summed E-state index contributed by atoms with van der Waals surface area (Å²) in [6.45, 7) is 10.1. The van der Waals surface area contributed by atoms with Crippen LogP contribution in [0, 0.1) is 23.7 Å². The monoisotopic (exact) mass is 575 g/mol. The maximum absolute atomic E-state index is 14.3. The van der Waals surface area contributed by atoms with Gasteiger partial charge in [-0.25, -0.2) is 0 Å². The predicted molar refractivity (Wildman–Crippen MR) is 167 cm³/mol. The Morgan fingerprint density at radius 2 is 1.79 bits per heavy atom. The molecule has 4 heterocycles. The van der Waals surface area contributed by atoms with Gasteiger partial charge < -0.3 is 15.0 Å². The van der Waals surface area contributed by atoms with E-state index in [0.717, 1.165) is 83.8 Å². The number of amides is 1. The minimum absolute atomic E-state index is 0.146. The zero-order valence-corrected chi connectivity index (χ0v) is 26.2. The molecule has 6 atom stereocenters. The van der Waals surface area contributed by atoms with Crippen LogP contribution in [-0.4, -0.2) is 68.1 Å². The number of ether oxygens (including phenoxy) is 1. The van der Waals surface area contributed by atoms with Crippen LogP contribution in [0.3, 0.4) is 0 Å². The Kier molecular flexibility index (Phi) is 7.70. The van der Waals surface area contributed by atoms with E-state index in [9.17, 15) is 9.59 Å². The molecule has 0 aromatic heterocycles. The first-order chi connectivity index (χ1) is 20.4. The number of piperidine rings is 1. The molecule has 1 aromatic rings. The Morgan fingerprint density at radius 1 is 0.929 bits per heavy atom. The number of nitrogens with one attached hydrogen (secondary N) is 1. The first-order valence-electron chi connectivity index (χ1n) is 17.4. The Bertz CT molecular complexity index is 1190. The number of carbonyl (C=O) groups excluding carboxylic acids is 2. The summed E-state index contributed by atoms with van der Waals surface area (Å²) < 4.78 is 6.50. The van der Waals surface area contributed by atoms with Crippen molar-refractivity contribution in [2.24, 2.45) is 16.7 Å². The lowest BCUT2D eigenvalue weighted by Crippen LogP contribution is -2.68. The van der Waals surface area contributed by atoms with Gasteiger partial charge in [0.25, 0.3) is 0 Å². The molecule has 1 N–H and O–H groups in total. The minimum atomic E-state index is -0.521. The van der Waals surface area contributed by atoms with Gasteiger partial charge in [0, 0.05) is 61.3 Å². The lowest BCUT2D eigenvalue weighted by atomic mass is 9.41. The van der Waals surface area contributed by atoms with E-state index in [2.05, 4.69) is 47.2 Å². The third-order valence-electron chi connectivity index (χ3n) is 13.1. The van der Waals surface area contributed by atoms with Crippen molar-refractivity contribution >= 4 is 17.4 Å². The lowest BCUT2D eigenvalue weighted by molar-refractivity contribution is -0.176. The molecule has 7 rings (SSSR count). The molecule has 2 saturated carbocycles. The fraction of sp³-hybridized carbons (Fsp3) is 0.778. The van der Waals surface area contributed by atoms with Crippen molar-refractivity contribution in [3.63, 3.8) is 0 Å². The van der Waals surface area contributed by atoms with Crippen molar-refractivity contribution in [1.29, 1.82) is 0 Å². The van der Waals surface area contributed by atoms with Gasteiger partial charge in [-0.2, -0.15) is 0 Å². The number of nitrogens with zero attached hydrogens (tertiary/aromatic N) is 2. The Balaban J connectivity index is 1.31. The third kappa shape index (κ3) is 4.32. The number of anilines is 1. The topological polar surface area (TPSA) is 61.9 Å². The molecule has 1 aromatic carbocycles. The van der Waals surface area contributed by atoms with Crippen molar-refractivity contribution in [3.05, 3.63) is 29.3 Å². The second kappa shape index (κ2) is 11.2. The smallest absolute Gasteiger partial charge is 0.227 e. The number of ketones is 1. The van der Waals surface area contributed by atoms with Crippen molar-refractivity contribution in [2.45, 2.75) is 121 Å². The molecule has 4 aliphatic heterocycles. The number of hydrogen-bond donors (Lipinski definition) is 1. The molecular weight excluding hydrogens is 522 g/mol. The first kappa shape index (κ1) is 28.8. The summed E-state index contributed by atoms with van der Waals surface area (Å²) in [6.07, 6.45) is 14.6. The molecule has 2 spiro atoms. The fourth-order valence-electron chi connectivity index (χ4n) is 11.1. The highest BCUT2D eigenvalue weighted by atomic mass is 16.5. The maximum atomic E-state index is 14.3. The molecular formula is C36H53N3O3. The summed E-state index contributed by atoms with van der Waals surface area (Å²) in [4.78, 5) is 33.7. The number of rotatable bonds is 4. The van der Waals surface area contributed by atoms with Gasteiger partial charge in [0.05, 0.1) is 12.0 Å². The SMILES string of the molecule is Cc1cc(N2CC[C@@H](N3CCC[C@@H]3C)C2)ccc1C1(C2CCCCC23CCCCC3=O)COCCC12CCCNC2=O. The van der Waals surface area contributed by atoms with Crippen LogP contribution in [0.15, 0.2) is 18.2 Å². The molecule has 0 bridgehead atoms. The number of hydrogen-bond acceptors (Lipinski definition) is 5. The van der Waals surface area contributed by atoms with Gasteiger partial charge >= 0.3 is 0 Å². The highest BCUT2D eigenvalue weighted by Crippen LogP contribution is 2.65. The highest BCUT2D eigenvalue weighted by Gasteiger charge is 2.67. The number of likely N-dealkylation sites (tertiary alicyclic amines) is 1. The molecule has 6 heteroatoms. The van der Waals surface area contributed by atoms with Crippen molar-refractivity contribution in [2.75, 3.05) is 44.3 Å². The predicted octanol–water partition coefficient (Wildman–Crippen LogP) is 5.93. The fourth-order valence-corrected chi connectivity index (χ4v) is 11.1. The summed E-state index contributed by atoms with van der Waals surface area (Å²) in [7, 11) is 0. The molecule has 42 heavy (non-hydrogen) atoms. The molecule has 0 radical (unpaired) electrons. The van der Waals surface area contributed by atoms with Crippen molar-refractivity contribution in [1.82, 2.24) is 10.2 Å². The van der Waals surface area contributed by atoms with E-state index < -0.39 is 10.8 Å². The van der Waals surface area contributed by atoms with Crippen LogP contribution in [0.1, 0.15) is 108 Å². The van der Waals surface area contributed by atoms with E-state index in [0.29, 0.717) is 37.5 Å². The molecule has 4 saturated heterocycles. The standard InChI is InChI=1S/C36H53N3O3/c1-26-23-28(38-21-14-29(24-38)39-20-7-9-27(39)2)12-13-30(26)36(25-42-22-18-35(36)17-8-19-37-33(35)41)31-10-3-5-15-34(31)16-6-4-11-32(34)40/h12-13,23,27,29,31H,3-11,14-22,24-25H2,1-2H3,(H,37,41)/t27-,29+,31?,34?,35?,36?/m0/s1. The molecule has 6 nitrogen and oxygen atoms in total. The number of Topliss-reactive ketones (excluding diaryl/α,β-unsaturated/α-hetero) is 1. The summed E-state index contributed by atoms with van der Waals surface area (Å²) in [5.74, 6) is 0.836. The Morgan fingerprint density at radius 3 is 2.57 bits per heavy atom. The molecule has 1 amide bonds. The van der Waals surface area contributed by atoms with Crippen LogP contribution in [0.25, 0.3) is 0 Å². The molecule has 4 unspecified atom stereocenters. The first-order valence-corrected chi connectivity index (χ1v) is 17.4. The summed E-state index contributed by atoms with van der Waals surface area (Å²) in [5.41, 5.74) is 2.56. The molecule has 6 fully saturated rings. The number of carbonyl (C=O) groups is 2. The van der Waals surface area contributed by atoms with Gasteiger partial charge in [0.1, 0.15) is 5.78 Å². The van der Waals surface area contributed by atoms with Crippen LogP contribution < -0.4 is 10.2 Å². The van der Waals surface area contributed by atoms with Crippen LogP contribution >= 0.6 is 0 Å². The molecule has 230 valence electrons. The largest absolute Gasteiger partial charge is 0.380 e. The van der Waals surface area contributed by atoms with Gasteiger partial charge in [-0.1, -0.05) is 25.3 Å². The van der Waals surface area contributed by atoms with Gasteiger partial charge in [0.2, 0.25) is 5.91 Å². The summed E-state index contributed by atoms with van der Waals surface area (Å²) in [6, 6.07) is 8.49. The maximum Gasteiger partial charge on any atom is 0.227 e. The Labute approximate surface area is 253 Å². The van der Waals surface area contributed by atoms with Crippen molar-refractivity contribution < 1.29 is 14.3 Å². The van der Waals surface area contributed by atoms with Gasteiger partial charge in [-0.15, -0.1) is 0 Å². The second-order valence-electron chi connectivity index (χ2n) is 14.9. The van der Waals surface area contributed by atoms with E-state index in [4.69, 9.17) is 4.74 Å². The van der Waals surface area contributed by atoms with Crippen LogP contribution in [0.4, 0.5) is 5.69 Å². The van der Waals surface area contributed by atoms with E-state index >= 15 is 0 Å². The van der Waals surface area contributed by atoms with Gasteiger partial charge in [-0.3, -0.25) is 14.5 Å². The average molecular weight is 576 g/mol. The summed E-state index contributed by atoms with van der Waals surface area (Å²) >= 11 is 0. The summed E-state index contributed by atoms with van der Waals surface area (Å²) in [5, 5.41) is 3.33. The van der Waals surface area contributed by atoms with Crippen LogP contribution in [0.5, 0.6) is 0 Å². The normalized spacial score (nSPS) is 39.8. The zero-order chi connectivity index (χ0) is 29.0. The van der Waals surface area contributed by atoms with E-state index in [1.54, 1.807) is 0 Å². The van der Waals surface area contributed by atoms with E-state index in [1.165, 1.54) is 42.6 Å². The average Bonchev–Trinajstić information content (AvgIpc) is 3.66. The highest BCUT2D eigenvalue weighted by molar-refractivity contribution is 5.89. The molecule has 6 aliphatic rings. The van der Waals surface area contributed by atoms with E-state index in [1.807, 2.05) is 0 Å². The van der Waals surface area contributed by atoms with E-state index in [-0.39, 0.29) is 17.2 Å². The number of benzene rings is 1. The van der Waals surface area contributed by atoms with Gasteiger partial charge in [-0.05, 0) is 114 Å². The number of aryl methyl sites for hydroxylation is 1. The molecule has 2 aliphatic carbocycles. The Hall–Kier alpha value is -1.92. The lowest BCUT2D eigenvalue weighted by Gasteiger charge is -2.63. The quantitative estimate of drug-likeness (QED) is 0.482.